The molecule has 0 unspecified atom stereocenters. The highest BCUT2D eigenvalue weighted by Crippen LogP contribution is 2.08. The van der Waals surface area contributed by atoms with Gasteiger partial charge in [0.15, 0.2) is 5.96 Å². The van der Waals surface area contributed by atoms with Gasteiger partial charge in [-0.3, -0.25) is 4.79 Å². The Kier molecular flexibility index (Phi) is 5.14. The standard InChI is InChI=1S/C12H18N4O2S/c13-12(16-3-6-19-7-4-16)15-9-11(17)14-8-10-2-1-5-18-10/h1-2,5H,3-4,6-9H2,(H2,13,15)(H,14,17). The lowest BCUT2D eigenvalue weighted by atomic mass is 10.4. The molecule has 1 aromatic heterocycles. The second-order valence-corrected chi connectivity index (χ2v) is 5.35. The smallest absolute Gasteiger partial charge is 0.242 e. The van der Waals surface area contributed by atoms with Crippen LogP contribution in [0.2, 0.25) is 0 Å². The first-order chi connectivity index (χ1) is 9.25. The second kappa shape index (κ2) is 7.08. The van der Waals surface area contributed by atoms with Gasteiger partial charge in [0.25, 0.3) is 0 Å². The van der Waals surface area contributed by atoms with Crippen LogP contribution in [-0.4, -0.2) is 47.9 Å². The van der Waals surface area contributed by atoms with Gasteiger partial charge in [0, 0.05) is 24.6 Å². The zero-order valence-corrected chi connectivity index (χ0v) is 11.5. The predicted molar refractivity (Wildman–Crippen MR) is 75.9 cm³/mol. The topological polar surface area (TPSA) is 83.9 Å². The average molecular weight is 282 g/mol. The van der Waals surface area contributed by atoms with E-state index < -0.39 is 0 Å². The number of hydrogen-bond acceptors (Lipinski definition) is 4. The number of guanidine groups is 1. The van der Waals surface area contributed by atoms with E-state index in [1.807, 2.05) is 22.7 Å². The molecule has 0 bridgehead atoms. The number of nitrogens with two attached hydrogens (primary N) is 1. The van der Waals surface area contributed by atoms with Crippen molar-refractivity contribution in [2.24, 2.45) is 10.7 Å². The van der Waals surface area contributed by atoms with E-state index in [4.69, 9.17) is 10.2 Å². The van der Waals surface area contributed by atoms with E-state index in [-0.39, 0.29) is 12.5 Å². The van der Waals surface area contributed by atoms with Crippen molar-refractivity contribution in [3.05, 3.63) is 24.2 Å². The molecule has 1 amide bonds. The lowest BCUT2D eigenvalue weighted by molar-refractivity contribution is -0.119. The summed E-state index contributed by atoms with van der Waals surface area (Å²) in [5.41, 5.74) is 5.86. The monoisotopic (exact) mass is 282 g/mol. The first-order valence-corrected chi connectivity index (χ1v) is 7.33. The van der Waals surface area contributed by atoms with Crippen molar-refractivity contribution in [2.45, 2.75) is 6.54 Å². The Morgan fingerprint density at radius 1 is 1.53 bits per heavy atom. The first kappa shape index (κ1) is 13.8. The molecule has 2 rings (SSSR count). The van der Waals surface area contributed by atoms with E-state index in [1.54, 1.807) is 12.3 Å². The second-order valence-electron chi connectivity index (χ2n) is 4.13. The maximum absolute atomic E-state index is 11.6. The third-order valence-electron chi connectivity index (χ3n) is 2.76. The molecule has 1 aliphatic heterocycles. The van der Waals surface area contributed by atoms with Crippen LogP contribution < -0.4 is 11.1 Å². The SMILES string of the molecule is NC(=NCC(=O)NCc1ccco1)N1CCSCC1. The van der Waals surface area contributed by atoms with E-state index in [9.17, 15) is 4.79 Å². The molecule has 1 fully saturated rings. The Morgan fingerprint density at radius 3 is 3.00 bits per heavy atom. The highest BCUT2D eigenvalue weighted by molar-refractivity contribution is 7.99. The molecule has 2 heterocycles. The van der Waals surface area contributed by atoms with Gasteiger partial charge in [-0.15, -0.1) is 0 Å². The maximum atomic E-state index is 11.6. The fraction of sp³-hybridized carbons (Fsp3) is 0.500. The van der Waals surface area contributed by atoms with Gasteiger partial charge in [-0.1, -0.05) is 0 Å². The van der Waals surface area contributed by atoms with Gasteiger partial charge in [0.05, 0.1) is 12.8 Å². The fourth-order valence-corrected chi connectivity index (χ4v) is 2.60. The molecule has 0 atom stereocenters. The maximum Gasteiger partial charge on any atom is 0.242 e. The molecule has 0 radical (unpaired) electrons. The number of carbonyl (C=O) groups excluding carboxylic acids is 1. The normalized spacial score (nSPS) is 16.4. The molecule has 7 heteroatoms. The summed E-state index contributed by atoms with van der Waals surface area (Å²) in [6.07, 6.45) is 1.58. The fourth-order valence-electron chi connectivity index (χ4n) is 1.70. The van der Waals surface area contributed by atoms with Crippen molar-refractivity contribution in [1.29, 1.82) is 0 Å². The van der Waals surface area contributed by atoms with Crippen LogP contribution in [0.3, 0.4) is 0 Å². The van der Waals surface area contributed by atoms with Crippen LogP contribution in [0.15, 0.2) is 27.8 Å². The van der Waals surface area contributed by atoms with Gasteiger partial charge in [-0.2, -0.15) is 11.8 Å². The average Bonchev–Trinajstić information content (AvgIpc) is 2.96. The summed E-state index contributed by atoms with van der Waals surface area (Å²) >= 11 is 1.91. The summed E-state index contributed by atoms with van der Waals surface area (Å²) in [7, 11) is 0. The Labute approximate surface area is 116 Å². The van der Waals surface area contributed by atoms with Crippen molar-refractivity contribution >= 4 is 23.6 Å². The van der Waals surface area contributed by atoms with E-state index in [2.05, 4.69) is 10.3 Å². The van der Waals surface area contributed by atoms with Crippen molar-refractivity contribution in [3.63, 3.8) is 0 Å². The number of hydrogen-bond donors (Lipinski definition) is 2. The molecule has 3 N–H and O–H groups in total. The number of nitrogens with zero attached hydrogens (tertiary/aromatic N) is 2. The van der Waals surface area contributed by atoms with Crippen molar-refractivity contribution in [2.75, 3.05) is 31.1 Å². The quantitative estimate of drug-likeness (QED) is 0.611. The molecule has 1 aromatic rings. The Morgan fingerprint density at radius 2 is 2.32 bits per heavy atom. The van der Waals surface area contributed by atoms with Crippen LogP contribution in [0, 0.1) is 0 Å². The minimum absolute atomic E-state index is 0.0518. The third kappa shape index (κ3) is 4.51. The van der Waals surface area contributed by atoms with Crippen LogP contribution in [0.5, 0.6) is 0 Å². The molecule has 0 aliphatic carbocycles. The lowest BCUT2D eigenvalue weighted by Crippen LogP contribution is -2.43. The van der Waals surface area contributed by atoms with Gasteiger partial charge in [0.2, 0.25) is 5.91 Å². The molecule has 1 saturated heterocycles. The van der Waals surface area contributed by atoms with Gasteiger partial charge in [0.1, 0.15) is 12.3 Å². The van der Waals surface area contributed by atoms with Crippen molar-refractivity contribution < 1.29 is 9.21 Å². The molecule has 0 saturated carbocycles. The van der Waals surface area contributed by atoms with Crippen LogP contribution >= 0.6 is 11.8 Å². The first-order valence-electron chi connectivity index (χ1n) is 6.17. The number of rotatable bonds is 4. The number of furan rings is 1. The summed E-state index contributed by atoms with van der Waals surface area (Å²) in [6, 6.07) is 3.59. The molecule has 19 heavy (non-hydrogen) atoms. The molecule has 104 valence electrons. The third-order valence-corrected chi connectivity index (χ3v) is 3.70. The Balaban J connectivity index is 1.72. The minimum atomic E-state index is -0.161. The van der Waals surface area contributed by atoms with Gasteiger partial charge >= 0.3 is 0 Å². The molecule has 1 aliphatic rings. The van der Waals surface area contributed by atoms with E-state index in [0.29, 0.717) is 12.5 Å². The minimum Gasteiger partial charge on any atom is -0.467 e. The van der Waals surface area contributed by atoms with Crippen LogP contribution in [0.1, 0.15) is 5.76 Å². The Hall–Kier alpha value is -1.63. The molecular formula is C12H18N4O2S. The number of carbonyl (C=O) groups is 1. The zero-order valence-electron chi connectivity index (χ0n) is 10.7. The van der Waals surface area contributed by atoms with E-state index in [0.717, 1.165) is 30.4 Å². The van der Waals surface area contributed by atoms with Gasteiger partial charge in [-0.25, -0.2) is 4.99 Å². The highest BCUT2D eigenvalue weighted by atomic mass is 32.2. The highest BCUT2D eigenvalue weighted by Gasteiger charge is 2.12. The molecule has 6 nitrogen and oxygen atoms in total. The summed E-state index contributed by atoms with van der Waals surface area (Å²) in [5.74, 6) is 3.12. The Bertz CT molecular complexity index is 427. The van der Waals surface area contributed by atoms with Crippen LogP contribution in [0.25, 0.3) is 0 Å². The zero-order chi connectivity index (χ0) is 13.5. The molecule has 0 spiro atoms. The summed E-state index contributed by atoms with van der Waals surface area (Å²) in [6.45, 7) is 2.22. The molecular weight excluding hydrogens is 264 g/mol. The predicted octanol–water partition coefficient (Wildman–Crippen LogP) is 0.259. The number of aliphatic imine (C=N–C) groups is 1. The van der Waals surface area contributed by atoms with Crippen molar-refractivity contribution in [3.8, 4) is 0 Å². The van der Waals surface area contributed by atoms with Crippen LogP contribution in [-0.2, 0) is 11.3 Å². The number of amides is 1. The lowest BCUT2D eigenvalue weighted by Gasteiger charge is -2.27. The summed E-state index contributed by atoms with van der Waals surface area (Å²) < 4.78 is 5.12. The van der Waals surface area contributed by atoms with E-state index in [1.165, 1.54) is 0 Å². The summed E-state index contributed by atoms with van der Waals surface area (Å²) in [5, 5.41) is 2.73. The van der Waals surface area contributed by atoms with Gasteiger partial charge < -0.3 is 20.4 Å². The van der Waals surface area contributed by atoms with Gasteiger partial charge in [-0.05, 0) is 12.1 Å². The van der Waals surface area contributed by atoms with E-state index >= 15 is 0 Å². The largest absolute Gasteiger partial charge is 0.467 e. The number of thioether (sulfide) groups is 1. The number of nitrogens with one attached hydrogen (secondary N) is 1. The molecule has 0 aromatic carbocycles. The van der Waals surface area contributed by atoms with Crippen LogP contribution in [0.4, 0.5) is 0 Å². The van der Waals surface area contributed by atoms with Crippen molar-refractivity contribution in [1.82, 2.24) is 10.2 Å². The summed E-state index contributed by atoms with van der Waals surface area (Å²) in [4.78, 5) is 17.7.